The molecule has 0 saturated carbocycles. The molecule has 84 heavy (non-hydrogen) atoms. The molecule has 0 aliphatic rings. The maximum absolute atomic E-state index is 13.2. The number of nitrogens with zero attached hydrogens (tertiary/aromatic N) is 8. The van der Waals surface area contributed by atoms with Gasteiger partial charge in [-0.1, -0.05) is 56.0 Å². The van der Waals surface area contributed by atoms with Gasteiger partial charge in [0, 0.05) is 107 Å². The number of benzene rings is 2. The van der Waals surface area contributed by atoms with Crippen molar-refractivity contribution in [1.29, 1.82) is 0 Å². The van der Waals surface area contributed by atoms with Crippen LogP contribution in [0.3, 0.4) is 0 Å². The number of ketones is 1. The summed E-state index contributed by atoms with van der Waals surface area (Å²) in [5, 5.41) is 32.0. The van der Waals surface area contributed by atoms with E-state index in [2.05, 4.69) is 64.5 Å². The number of H-pyrrole nitrogens is 1. The Balaban J connectivity index is 0.000000205. The van der Waals surface area contributed by atoms with Crippen molar-refractivity contribution in [2.45, 2.75) is 104 Å². The van der Waals surface area contributed by atoms with Crippen LogP contribution in [0.4, 0.5) is 26.3 Å². The molecule has 2 aromatic carbocycles. The van der Waals surface area contributed by atoms with Crippen LogP contribution >= 0.6 is 22.7 Å². The van der Waals surface area contributed by atoms with Gasteiger partial charge in [-0.15, -0.1) is 32.9 Å². The first-order chi connectivity index (χ1) is 39.5. The number of hydrogen-bond donors (Lipinski definition) is 3. The van der Waals surface area contributed by atoms with Crippen molar-refractivity contribution in [3.05, 3.63) is 239 Å². The number of aromatic amines is 1. The molecule has 0 aliphatic carbocycles. The van der Waals surface area contributed by atoms with E-state index in [1.165, 1.54) is 70.9 Å². The number of hydrogen-bond acceptors (Lipinski definition) is 12. The van der Waals surface area contributed by atoms with Crippen molar-refractivity contribution >= 4 is 40.4 Å². The minimum atomic E-state index is -2.85. The largest absolute Gasteiger partial charge is 0.478 e. The van der Waals surface area contributed by atoms with Gasteiger partial charge in [-0.05, 0) is 145 Å². The van der Waals surface area contributed by atoms with E-state index in [0.29, 0.717) is 61.0 Å². The van der Waals surface area contributed by atoms with Gasteiger partial charge >= 0.3 is 11.9 Å². The Morgan fingerprint density at radius 3 is 1.38 bits per heavy atom. The van der Waals surface area contributed by atoms with E-state index in [-0.39, 0.29) is 41.3 Å². The zero-order valence-electron chi connectivity index (χ0n) is 45.5. The Kier molecular flexibility index (Phi) is 24.4. The van der Waals surface area contributed by atoms with E-state index >= 15 is 0 Å². The standard InChI is InChI=1S/C18H16F2N2O.C16H15F2N5.C14H13F2NO2S.C13H13NO2S.CH4/c1-18(19,20)15-7-4-13(5-8-15)3-6-14-11-22-10-9-16(14)17(23)12-21-2;1-16(17,18)13-6-3-11(4-7-13)2-5-12-10-19-9-8-14(12)15-20-22-23-21-15;1-14(15,16)12-5-4-10(20-12)3-2-9-8-17-7-6-11(9)13(18)19;1-9-2-4-11(17-9)5-3-10-8-14-7-6-12(10)13(15)16;/h4-5,7-11H,3,6,12H2,1H3;3-4,6-10H,2,5H2,1H3,(H,20,21,22,23);4-8H,2-3H2,1H3,(H,18,19);2,4,6-8H,3,5H2,1H3,(H,15,16);1H4. The van der Waals surface area contributed by atoms with Crippen LogP contribution in [-0.4, -0.2) is 75.0 Å². The topological polar surface area (TPSA) is 202 Å². The summed E-state index contributed by atoms with van der Waals surface area (Å²) in [4.78, 5) is 56.5. The lowest BCUT2D eigenvalue weighted by molar-refractivity contribution is 0.0168. The van der Waals surface area contributed by atoms with E-state index in [1.807, 2.05) is 6.07 Å². The second kappa shape index (κ2) is 31.0. The van der Waals surface area contributed by atoms with E-state index in [9.17, 15) is 40.7 Å². The number of rotatable bonds is 20. The molecule has 7 aromatic heterocycles. The summed E-state index contributed by atoms with van der Waals surface area (Å²) >= 11 is 2.81. The lowest BCUT2D eigenvalue weighted by Gasteiger charge is -2.11. The lowest BCUT2D eigenvalue weighted by Crippen LogP contribution is -2.08. The van der Waals surface area contributed by atoms with Crippen molar-refractivity contribution in [3.8, 4) is 11.4 Å². The molecule has 14 nitrogen and oxygen atoms in total. The van der Waals surface area contributed by atoms with Gasteiger partial charge in [0.05, 0.1) is 16.0 Å². The fourth-order valence-electron chi connectivity index (χ4n) is 8.22. The first kappa shape index (κ1) is 66.0. The van der Waals surface area contributed by atoms with Gasteiger partial charge in [0.2, 0.25) is 11.6 Å². The number of tetrazole rings is 1. The fourth-order valence-corrected chi connectivity index (χ4v) is 10.0. The second-order valence-electron chi connectivity index (χ2n) is 19.1. The molecule has 22 heteroatoms. The van der Waals surface area contributed by atoms with Crippen molar-refractivity contribution in [2.24, 2.45) is 0 Å². The molecule has 0 fully saturated rings. The maximum Gasteiger partial charge on any atom is 0.336 e. The molecule has 9 rings (SSSR count). The normalized spacial score (nSPS) is 11.1. The fraction of sp³-hybridized carbons (Fsp3) is 0.274. The lowest BCUT2D eigenvalue weighted by atomic mass is 9.98. The highest BCUT2D eigenvalue weighted by atomic mass is 32.1. The zero-order valence-corrected chi connectivity index (χ0v) is 47.1. The number of alkyl halides is 6. The Hall–Kier alpha value is -8.81. The average Bonchev–Trinajstić information content (AvgIpc) is 4.45. The highest BCUT2D eigenvalue weighted by Crippen LogP contribution is 2.34. The number of aryl methyl sites for hydroxylation is 9. The molecule has 0 radical (unpaired) electrons. The summed E-state index contributed by atoms with van der Waals surface area (Å²) < 4.78 is 79.0. The summed E-state index contributed by atoms with van der Waals surface area (Å²) in [7, 11) is 0. The van der Waals surface area contributed by atoms with Gasteiger partial charge in [0.1, 0.15) is 0 Å². The van der Waals surface area contributed by atoms with Crippen LogP contribution in [-0.2, 0) is 69.1 Å². The van der Waals surface area contributed by atoms with Crippen LogP contribution in [0.1, 0.15) is 123 Å². The molecular formula is C62H61F6N9O5S2. The Morgan fingerprint density at radius 2 is 0.964 bits per heavy atom. The number of carbonyl (C=O) groups is 3. The Morgan fingerprint density at radius 1 is 0.536 bits per heavy atom. The minimum Gasteiger partial charge on any atom is -0.478 e. The highest BCUT2D eigenvalue weighted by molar-refractivity contribution is 7.12. The summed E-state index contributed by atoms with van der Waals surface area (Å²) in [5.41, 5.74) is 7.00. The van der Waals surface area contributed by atoms with E-state index in [0.717, 1.165) is 83.2 Å². The van der Waals surface area contributed by atoms with Gasteiger partial charge in [0.15, 0.2) is 0 Å². The molecule has 0 saturated heterocycles. The number of aromatic nitrogens is 8. The van der Waals surface area contributed by atoms with Crippen LogP contribution in [0.15, 0.2) is 147 Å². The number of thiophene rings is 2. The van der Waals surface area contributed by atoms with E-state index < -0.39 is 29.7 Å². The third-order valence-electron chi connectivity index (χ3n) is 12.6. The average molecular weight is 1190 g/mol. The van der Waals surface area contributed by atoms with Crippen LogP contribution in [0.25, 0.3) is 16.2 Å². The van der Waals surface area contributed by atoms with Gasteiger partial charge < -0.3 is 15.1 Å². The number of carboxylic acid groups (broad SMARTS) is 2. The molecule has 0 bridgehead atoms. The highest BCUT2D eigenvalue weighted by Gasteiger charge is 2.27. The first-order valence-electron chi connectivity index (χ1n) is 25.7. The van der Waals surface area contributed by atoms with Crippen LogP contribution in [0.5, 0.6) is 0 Å². The number of carboxylic acids is 2. The molecule has 0 atom stereocenters. The summed E-state index contributed by atoms with van der Waals surface area (Å²) in [6.07, 6.45) is 17.8. The Bertz CT molecular complexity index is 3590. The third kappa shape index (κ3) is 20.3. The number of halogens is 6. The Labute approximate surface area is 490 Å². The molecule has 438 valence electrons. The molecule has 7 heterocycles. The molecule has 3 N–H and O–H groups in total. The smallest absolute Gasteiger partial charge is 0.336 e. The van der Waals surface area contributed by atoms with Crippen molar-refractivity contribution in [2.75, 3.05) is 6.54 Å². The maximum atomic E-state index is 13.2. The second-order valence-corrected chi connectivity index (χ2v) is 21.6. The molecule has 0 aliphatic heterocycles. The molecule has 0 amide bonds. The van der Waals surface area contributed by atoms with Crippen LogP contribution in [0.2, 0.25) is 0 Å². The van der Waals surface area contributed by atoms with Gasteiger partial charge in [-0.3, -0.25) is 24.7 Å². The predicted molar refractivity (Wildman–Crippen MR) is 311 cm³/mol. The van der Waals surface area contributed by atoms with Crippen LogP contribution < -0.4 is 0 Å². The molecular weight excluding hydrogens is 1130 g/mol. The van der Waals surface area contributed by atoms with Gasteiger partial charge in [0.25, 0.3) is 24.3 Å². The number of carbonyl (C=O) groups excluding carboxylic acids is 1. The predicted octanol–water partition coefficient (Wildman–Crippen LogP) is 14.5. The summed E-state index contributed by atoms with van der Waals surface area (Å²) in [6.45, 7) is 11.3. The first-order valence-corrected chi connectivity index (χ1v) is 27.4. The number of Topliss-reactive ketones (excluding diaryl/α,β-unsaturated/α-hetero) is 1. The number of aromatic carboxylic acids is 2. The molecule has 0 unspecified atom stereocenters. The van der Waals surface area contributed by atoms with E-state index in [1.54, 1.807) is 78.6 Å². The van der Waals surface area contributed by atoms with Crippen molar-refractivity contribution in [3.63, 3.8) is 0 Å². The molecule has 9 aromatic rings. The van der Waals surface area contributed by atoms with Crippen molar-refractivity contribution < 1.29 is 50.9 Å². The monoisotopic (exact) mass is 1190 g/mol. The molecule has 0 spiro atoms. The van der Waals surface area contributed by atoms with Gasteiger partial charge in [-0.25, -0.2) is 42.5 Å². The van der Waals surface area contributed by atoms with Crippen molar-refractivity contribution in [1.82, 2.24) is 40.6 Å². The zero-order chi connectivity index (χ0) is 60.2. The van der Waals surface area contributed by atoms with E-state index in [4.69, 9.17) is 16.8 Å². The number of pyridine rings is 4. The summed E-state index contributed by atoms with van der Waals surface area (Å²) in [5.74, 6) is -10.1. The number of nitrogens with one attached hydrogen (secondary N) is 1. The van der Waals surface area contributed by atoms with Crippen LogP contribution in [0, 0.1) is 13.5 Å². The van der Waals surface area contributed by atoms with Gasteiger partial charge in [-0.2, -0.15) is 5.21 Å². The quantitative estimate of drug-likeness (QED) is 0.0371. The summed E-state index contributed by atoms with van der Waals surface area (Å²) in [6, 6.07) is 26.3. The SMILES string of the molecule is C.CC(F)(F)c1ccc(CCc2cnccc2-c2nn[nH]n2)cc1.CC(F)(F)c1ccc(CCc2cnccc2C(=O)O)s1.Cc1ccc(CCc2cnccc2C(=O)O)s1.[C-]#[N+]CC(=O)c1ccncc1CCc1ccc(C(C)(F)F)cc1. The third-order valence-corrected chi connectivity index (χ3v) is 15.0. The minimum absolute atomic E-state index is 0.